The van der Waals surface area contributed by atoms with E-state index < -0.39 is 12.0 Å². The molecule has 1 saturated heterocycles. The lowest BCUT2D eigenvalue weighted by Gasteiger charge is -2.27. The fourth-order valence-electron chi connectivity index (χ4n) is 1.34. The van der Waals surface area contributed by atoms with Crippen LogP contribution in [0.2, 0.25) is 0 Å². The van der Waals surface area contributed by atoms with E-state index in [-0.39, 0.29) is 19.0 Å². The number of ether oxygens (including phenoxy) is 1. The van der Waals surface area contributed by atoms with E-state index in [0.29, 0.717) is 26.3 Å². The Labute approximate surface area is 93.5 Å². The molecule has 1 fully saturated rings. The Morgan fingerprint density at radius 3 is 2.62 bits per heavy atom. The summed E-state index contributed by atoms with van der Waals surface area (Å²) in [5.41, 5.74) is 5.30. The number of amides is 2. The molecular formula is C9H17N3O4. The maximum atomic E-state index is 11.5. The number of carbonyl (C=O) groups excluding carboxylic acids is 1. The molecule has 0 aliphatic carbocycles. The molecule has 0 spiro atoms. The van der Waals surface area contributed by atoms with Crippen LogP contribution in [0.1, 0.15) is 6.42 Å². The molecule has 0 aromatic carbocycles. The number of hydrogen-bond donors (Lipinski definition) is 3. The molecule has 0 bridgehead atoms. The number of urea groups is 1. The standard InChI is InChI=1S/C9H17N3O4/c10-7(8(13)14)1-2-11-9(15)12-3-5-16-6-4-12/h7H,1-6,10H2,(H,11,15)(H,13,14)/t7-/m0/s1. The van der Waals surface area contributed by atoms with Crippen LogP contribution in [0.3, 0.4) is 0 Å². The first-order valence-corrected chi connectivity index (χ1v) is 5.20. The minimum atomic E-state index is -1.05. The maximum Gasteiger partial charge on any atom is 0.320 e. The van der Waals surface area contributed by atoms with Crippen LogP contribution < -0.4 is 11.1 Å². The van der Waals surface area contributed by atoms with Crippen molar-refractivity contribution in [1.82, 2.24) is 10.2 Å². The van der Waals surface area contributed by atoms with Gasteiger partial charge in [0.05, 0.1) is 13.2 Å². The summed E-state index contributed by atoms with van der Waals surface area (Å²) in [6.07, 6.45) is 0.228. The van der Waals surface area contributed by atoms with Crippen LogP contribution in [0.15, 0.2) is 0 Å². The molecule has 1 rings (SSSR count). The summed E-state index contributed by atoms with van der Waals surface area (Å²) in [6.45, 7) is 2.49. The highest BCUT2D eigenvalue weighted by Crippen LogP contribution is 1.97. The zero-order valence-corrected chi connectivity index (χ0v) is 9.02. The zero-order chi connectivity index (χ0) is 12.0. The molecule has 1 heterocycles. The summed E-state index contributed by atoms with van der Waals surface area (Å²) in [5, 5.41) is 11.2. The SMILES string of the molecule is N[C@@H](CCNC(=O)N1CCOCC1)C(=O)O. The number of morpholine rings is 1. The van der Waals surface area contributed by atoms with Gasteiger partial charge >= 0.3 is 12.0 Å². The van der Waals surface area contributed by atoms with Crippen LogP contribution in [-0.4, -0.2) is 60.9 Å². The smallest absolute Gasteiger partial charge is 0.320 e. The van der Waals surface area contributed by atoms with Crippen LogP contribution in [0.25, 0.3) is 0 Å². The first-order chi connectivity index (χ1) is 7.61. The van der Waals surface area contributed by atoms with Gasteiger partial charge in [0.1, 0.15) is 6.04 Å². The van der Waals surface area contributed by atoms with E-state index in [4.69, 9.17) is 15.6 Å². The average Bonchev–Trinajstić information content (AvgIpc) is 2.29. The summed E-state index contributed by atoms with van der Waals surface area (Å²) in [6, 6.07) is -1.12. The first kappa shape index (κ1) is 12.7. The molecule has 4 N–H and O–H groups in total. The lowest BCUT2D eigenvalue weighted by atomic mass is 10.2. The topological polar surface area (TPSA) is 105 Å². The highest BCUT2D eigenvalue weighted by Gasteiger charge is 2.17. The minimum Gasteiger partial charge on any atom is -0.480 e. The second-order valence-electron chi connectivity index (χ2n) is 3.56. The highest BCUT2D eigenvalue weighted by atomic mass is 16.5. The number of nitrogens with one attached hydrogen (secondary N) is 1. The van der Waals surface area contributed by atoms with Crippen molar-refractivity contribution in [2.45, 2.75) is 12.5 Å². The van der Waals surface area contributed by atoms with E-state index in [2.05, 4.69) is 5.32 Å². The van der Waals surface area contributed by atoms with Gasteiger partial charge in [-0.25, -0.2) is 4.79 Å². The van der Waals surface area contributed by atoms with Gasteiger partial charge in [-0.1, -0.05) is 0 Å². The monoisotopic (exact) mass is 231 g/mol. The van der Waals surface area contributed by atoms with Crippen LogP contribution in [-0.2, 0) is 9.53 Å². The van der Waals surface area contributed by atoms with E-state index in [1.54, 1.807) is 4.90 Å². The van der Waals surface area contributed by atoms with Gasteiger partial charge < -0.3 is 25.8 Å². The molecule has 0 aromatic rings. The van der Waals surface area contributed by atoms with Gasteiger partial charge in [-0.15, -0.1) is 0 Å². The number of hydrogen-bond acceptors (Lipinski definition) is 4. The Bertz CT molecular complexity index is 253. The van der Waals surface area contributed by atoms with Crippen molar-refractivity contribution in [1.29, 1.82) is 0 Å². The normalized spacial score (nSPS) is 17.9. The Kier molecular flexibility index (Phi) is 5.00. The minimum absolute atomic E-state index is 0.194. The van der Waals surface area contributed by atoms with Crippen LogP contribution in [0, 0.1) is 0 Å². The molecule has 7 nitrogen and oxygen atoms in total. The van der Waals surface area contributed by atoms with Gasteiger partial charge in [-0.3, -0.25) is 4.79 Å². The third-order valence-corrected chi connectivity index (χ3v) is 2.35. The third-order valence-electron chi connectivity index (χ3n) is 2.35. The molecule has 92 valence electrons. The van der Waals surface area contributed by atoms with Gasteiger partial charge in [-0.2, -0.15) is 0 Å². The number of rotatable bonds is 4. The summed E-state index contributed by atoms with van der Waals surface area (Å²) in [4.78, 5) is 23.6. The van der Waals surface area contributed by atoms with E-state index >= 15 is 0 Å². The lowest BCUT2D eigenvalue weighted by molar-refractivity contribution is -0.138. The maximum absolute atomic E-state index is 11.5. The van der Waals surface area contributed by atoms with Crippen LogP contribution >= 0.6 is 0 Å². The molecule has 1 atom stereocenters. The fourth-order valence-corrected chi connectivity index (χ4v) is 1.34. The predicted octanol–water partition coefficient (Wildman–Crippen LogP) is -1.17. The van der Waals surface area contributed by atoms with Crippen LogP contribution in [0.4, 0.5) is 4.79 Å². The van der Waals surface area contributed by atoms with Gasteiger partial charge in [0.15, 0.2) is 0 Å². The molecule has 0 radical (unpaired) electrons. The third kappa shape index (κ3) is 4.03. The highest BCUT2D eigenvalue weighted by molar-refractivity contribution is 5.75. The van der Waals surface area contributed by atoms with E-state index in [1.165, 1.54) is 0 Å². The van der Waals surface area contributed by atoms with Gasteiger partial charge in [-0.05, 0) is 6.42 Å². The molecule has 0 saturated carbocycles. The summed E-state index contributed by atoms with van der Waals surface area (Å²) < 4.78 is 5.10. The second kappa shape index (κ2) is 6.29. The van der Waals surface area contributed by atoms with E-state index in [0.717, 1.165) is 0 Å². The molecule has 0 aromatic heterocycles. The molecule has 7 heteroatoms. The number of carbonyl (C=O) groups is 2. The summed E-state index contributed by atoms with van der Waals surface area (Å²) in [7, 11) is 0. The van der Waals surface area contributed by atoms with Crippen molar-refractivity contribution in [3.05, 3.63) is 0 Å². The van der Waals surface area contributed by atoms with Crippen molar-refractivity contribution < 1.29 is 19.4 Å². The molecule has 16 heavy (non-hydrogen) atoms. The van der Waals surface area contributed by atoms with E-state index in [1.807, 2.05) is 0 Å². The predicted molar refractivity (Wildman–Crippen MR) is 56.0 cm³/mol. The lowest BCUT2D eigenvalue weighted by Crippen LogP contribution is -2.47. The Hall–Kier alpha value is -1.34. The molecule has 0 unspecified atom stereocenters. The fraction of sp³-hybridized carbons (Fsp3) is 0.778. The zero-order valence-electron chi connectivity index (χ0n) is 9.02. The number of aliphatic carboxylic acids is 1. The molecule has 1 aliphatic heterocycles. The van der Waals surface area contributed by atoms with Gasteiger partial charge in [0.25, 0.3) is 0 Å². The summed E-state index contributed by atoms with van der Waals surface area (Å²) >= 11 is 0. The summed E-state index contributed by atoms with van der Waals surface area (Å²) in [5.74, 6) is -1.05. The van der Waals surface area contributed by atoms with Crippen molar-refractivity contribution in [2.24, 2.45) is 5.73 Å². The van der Waals surface area contributed by atoms with Crippen molar-refractivity contribution in [3.63, 3.8) is 0 Å². The molecular weight excluding hydrogens is 214 g/mol. The van der Waals surface area contributed by atoms with Gasteiger partial charge in [0.2, 0.25) is 0 Å². The Morgan fingerprint density at radius 1 is 1.44 bits per heavy atom. The Balaban J connectivity index is 2.16. The largest absolute Gasteiger partial charge is 0.480 e. The number of nitrogens with two attached hydrogens (primary N) is 1. The average molecular weight is 231 g/mol. The number of carboxylic acids is 1. The van der Waals surface area contributed by atoms with E-state index in [9.17, 15) is 9.59 Å². The quantitative estimate of drug-likeness (QED) is 0.565. The van der Waals surface area contributed by atoms with Crippen LogP contribution in [0.5, 0.6) is 0 Å². The molecule has 2 amide bonds. The van der Waals surface area contributed by atoms with Crippen molar-refractivity contribution >= 4 is 12.0 Å². The second-order valence-corrected chi connectivity index (χ2v) is 3.56. The van der Waals surface area contributed by atoms with Crippen molar-refractivity contribution in [2.75, 3.05) is 32.8 Å². The van der Waals surface area contributed by atoms with Gasteiger partial charge in [0, 0.05) is 19.6 Å². The first-order valence-electron chi connectivity index (χ1n) is 5.20. The molecule has 1 aliphatic rings. The Morgan fingerprint density at radius 2 is 2.06 bits per heavy atom. The number of carboxylic acid groups (broad SMARTS) is 1. The van der Waals surface area contributed by atoms with Crippen molar-refractivity contribution in [3.8, 4) is 0 Å². The number of nitrogens with zero attached hydrogens (tertiary/aromatic N) is 1.